The fraction of sp³-hybridized carbons (Fsp3) is 0.550. The molecule has 0 radical (unpaired) electrons. The summed E-state index contributed by atoms with van der Waals surface area (Å²) < 4.78 is 12.2. The van der Waals surface area contributed by atoms with Crippen molar-refractivity contribution in [2.45, 2.75) is 59.6 Å². The Labute approximate surface area is 170 Å². The number of carbonyl (C=O) groups excluding carboxylic acids is 2. The number of nitrogens with zero attached hydrogens (tertiary/aromatic N) is 2. The number of fused-ring (bicyclic) bond motifs is 1. The Morgan fingerprint density at radius 3 is 2.54 bits per heavy atom. The van der Waals surface area contributed by atoms with Crippen LogP contribution in [0.4, 0.5) is 4.79 Å². The highest BCUT2D eigenvalue weighted by Gasteiger charge is 2.27. The van der Waals surface area contributed by atoms with E-state index in [0.717, 1.165) is 12.1 Å². The molecule has 2 heterocycles. The minimum Gasteiger partial charge on any atom is -0.461 e. The summed E-state index contributed by atoms with van der Waals surface area (Å²) in [5.41, 5.74) is 1.11. The molecule has 0 spiro atoms. The second kappa shape index (κ2) is 8.82. The molecule has 1 atom stereocenters. The SMILES string of the molecule is CCOC(=O)c1c(Cl)c2ccc(CC)nc2n1[C@H](C)CNC(=O)OC(C)(C)C. The zero-order chi connectivity index (χ0) is 21.1. The van der Waals surface area contributed by atoms with E-state index in [1.54, 1.807) is 32.3 Å². The molecule has 2 aromatic rings. The van der Waals surface area contributed by atoms with Crippen LogP contribution in [0.3, 0.4) is 0 Å². The molecule has 0 unspecified atom stereocenters. The summed E-state index contributed by atoms with van der Waals surface area (Å²) in [7, 11) is 0. The zero-order valence-corrected chi connectivity index (χ0v) is 18.0. The largest absolute Gasteiger partial charge is 0.461 e. The van der Waals surface area contributed by atoms with E-state index in [0.29, 0.717) is 16.1 Å². The van der Waals surface area contributed by atoms with Crippen molar-refractivity contribution in [2.75, 3.05) is 13.2 Å². The van der Waals surface area contributed by atoms with Gasteiger partial charge in [0.25, 0.3) is 0 Å². The van der Waals surface area contributed by atoms with Crippen LogP contribution >= 0.6 is 11.6 Å². The highest BCUT2D eigenvalue weighted by Crippen LogP contribution is 2.33. The van der Waals surface area contributed by atoms with E-state index in [9.17, 15) is 9.59 Å². The molecule has 0 bridgehead atoms. The Kier molecular flexibility index (Phi) is 6.93. The lowest BCUT2D eigenvalue weighted by Crippen LogP contribution is -2.35. The lowest BCUT2D eigenvalue weighted by atomic mass is 10.2. The summed E-state index contributed by atoms with van der Waals surface area (Å²) in [6, 6.07) is 3.44. The van der Waals surface area contributed by atoms with Gasteiger partial charge in [0.05, 0.1) is 17.7 Å². The summed E-state index contributed by atoms with van der Waals surface area (Å²) in [6.45, 7) is 11.5. The minimum absolute atomic E-state index is 0.231. The van der Waals surface area contributed by atoms with Crippen molar-refractivity contribution in [1.82, 2.24) is 14.9 Å². The van der Waals surface area contributed by atoms with E-state index >= 15 is 0 Å². The number of aromatic nitrogens is 2. The van der Waals surface area contributed by atoms with Gasteiger partial charge in [0, 0.05) is 17.6 Å². The summed E-state index contributed by atoms with van der Waals surface area (Å²) in [6.07, 6.45) is 0.222. The van der Waals surface area contributed by atoms with Gasteiger partial charge in [-0.05, 0) is 53.2 Å². The maximum atomic E-state index is 12.6. The molecule has 0 saturated heterocycles. The number of hydrogen-bond acceptors (Lipinski definition) is 5. The average Bonchev–Trinajstić information content (AvgIpc) is 2.90. The Morgan fingerprint density at radius 1 is 1.29 bits per heavy atom. The third kappa shape index (κ3) is 4.95. The first-order valence-electron chi connectivity index (χ1n) is 9.42. The maximum absolute atomic E-state index is 12.6. The molecule has 2 rings (SSSR count). The Hall–Kier alpha value is -2.28. The topological polar surface area (TPSA) is 82.5 Å². The van der Waals surface area contributed by atoms with Crippen LogP contribution < -0.4 is 5.32 Å². The Bertz CT molecular complexity index is 870. The number of alkyl carbamates (subject to hydrolysis) is 1. The van der Waals surface area contributed by atoms with E-state index in [2.05, 4.69) is 10.3 Å². The molecule has 0 fully saturated rings. The molecule has 0 saturated carbocycles. The van der Waals surface area contributed by atoms with Crippen molar-refractivity contribution >= 4 is 34.7 Å². The molecule has 7 nitrogen and oxygen atoms in total. The molecule has 154 valence electrons. The molecule has 28 heavy (non-hydrogen) atoms. The zero-order valence-electron chi connectivity index (χ0n) is 17.3. The first-order chi connectivity index (χ1) is 13.1. The minimum atomic E-state index is -0.593. The van der Waals surface area contributed by atoms with E-state index in [1.165, 1.54) is 0 Å². The monoisotopic (exact) mass is 409 g/mol. The highest BCUT2D eigenvalue weighted by atomic mass is 35.5. The predicted molar refractivity (Wildman–Crippen MR) is 109 cm³/mol. The van der Waals surface area contributed by atoms with E-state index in [-0.39, 0.29) is 24.9 Å². The van der Waals surface area contributed by atoms with Gasteiger partial charge in [-0.25, -0.2) is 14.6 Å². The molecule has 0 aliphatic carbocycles. The fourth-order valence-corrected chi connectivity index (χ4v) is 3.15. The fourth-order valence-electron chi connectivity index (χ4n) is 2.83. The molecule has 0 aromatic carbocycles. The molecule has 0 aliphatic heterocycles. The van der Waals surface area contributed by atoms with Crippen molar-refractivity contribution < 1.29 is 19.1 Å². The number of aryl methyl sites for hydroxylation is 1. The van der Waals surface area contributed by atoms with Crippen molar-refractivity contribution in [3.63, 3.8) is 0 Å². The highest BCUT2D eigenvalue weighted by molar-refractivity contribution is 6.38. The molecule has 1 N–H and O–H groups in total. The number of nitrogens with one attached hydrogen (secondary N) is 1. The van der Waals surface area contributed by atoms with Crippen LogP contribution in [0.15, 0.2) is 12.1 Å². The van der Waals surface area contributed by atoms with Crippen LogP contribution in [-0.2, 0) is 15.9 Å². The second-order valence-corrected chi connectivity index (χ2v) is 7.89. The number of halogens is 1. The third-order valence-corrected chi connectivity index (χ3v) is 4.44. The summed E-state index contributed by atoms with van der Waals surface area (Å²) in [5.74, 6) is -0.521. The molecule has 2 aromatic heterocycles. The van der Waals surface area contributed by atoms with Gasteiger partial charge in [0.15, 0.2) is 0 Å². The van der Waals surface area contributed by atoms with Gasteiger partial charge in [-0.15, -0.1) is 0 Å². The van der Waals surface area contributed by atoms with Crippen LogP contribution in [0.2, 0.25) is 5.02 Å². The standard InChI is InChI=1S/C20H28ClN3O4/c1-7-13-9-10-14-15(21)16(18(25)27-8-2)24(17(14)23-13)12(3)11-22-19(26)28-20(4,5)6/h9-10,12H,7-8,11H2,1-6H3,(H,22,26)/t12-/m1/s1. The van der Waals surface area contributed by atoms with Crippen LogP contribution in [0.5, 0.6) is 0 Å². The number of hydrogen-bond donors (Lipinski definition) is 1. The van der Waals surface area contributed by atoms with Gasteiger partial charge >= 0.3 is 12.1 Å². The van der Waals surface area contributed by atoms with E-state index < -0.39 is 17.7 Å². The third-order valence-electron chi connectivity index (χ3n) is 4.06. The van der Waals surface area contributed by atoms with E-state index in [4.69, 9.17) is 21.1 Å². The maximum Gasteiger partial charge on any atom is 0.407 e. The van der Waals surface area contributed by atoms with Gasteiger partial charge in [0.1, 0.15) is 16.9 Å². The number of ether oxygens (including phenoxy) is 2. The van der Waals surface area contributed by atoms with Crippen molar-refractivity contribution in [3.05, 3.63) is 28.5 Å². The van der Waals surface area contributed by atoms with Gasteiger partial charge < -0.3 is 19.4 Å². The van der Waals surface area contributed by atoms with Crippen LogP contribution in [0.25, 0.3) is 11.0 Å². The number of carbonyl (C=O) groups is 2. The molecule has 1 amide bonds. The summed E-state index contributed by atoms with van der Waals surface area (Å²) >= 11 is 6.51. The number of pyridine rings is 1. The number of amides is 1. The lowest BCUT2D eigenvalue weighted by molar-refractivity contribution is 0.0512. The van der Waals surface area contributed by atoms with Crippen molar-refractivity contribution in [1.29, 1.82) is 0 Å². The van der Waals surface area contributed by atoms with Crippen LogP contribution in [0.1, 0.15) is 63.8 Å². The Balaban J connectivity index is 2.43. The Morgan fingerprint density at radius 2 is 1.96 bits per heavy atom. The van der Waals surface area contributed by atoms with Crippen LogP contribution in [0, 0.1) is 0 Å². The lowest BCUT2D eigenvalue weighted by Gasteiger charge is -2.22. The van der Waals surface area contributed by atoms with Gasteiger partial charge in [-0.3, -0.25) is 0 Å². The second-order valence-electron chi connectivity index (χ2n) is 7.51. The molecular formula is C20H28ClN3O4. The first-order valence-corrected chi connectivity index (χ1v) is 9.80. The average molecular weight is 410 g/mol. The van der Waals surface area contributed by atoms with Crippen molar-refractivity contribution in [3.8, 4) is 0 Å². The predicted octanol–water partition coefficient (Wildman–Crippen LogP) is 4.51. The quantitative estimate of drug-likeness (QED) is 0.709. The van der Waals surface area contributed by atoms with Crippen molar-refractivity contribution in [2.24, 2.45) is 0 Å². The summed E-state index contributed by atoms with van der Waals surface area (Å²) in [5, 5.41) is 3.70. The van der Waals surface area contributed by atoms with E-state index in [1.807, 2.05) is 26.0 Å². The number of rotatable bonds is 6. The summed E-state index contributed by atoms with van der Waals surface area (Å²) in [4.78, 5) is 29.2. The normalized spacial score (nSPS) is 12.7. The first kappa shape index (κ1) is 22.0. The van der Waals surface area contributed by atoms with Gasteiger partial charge in [-0.2, -0.15) is 0 Å². The smallest absolute Gasteiger partial charge is 0.407 e. The van der Waals surface area contributed by atoms with Gasteiger partial charge in [0.2, 0.25) is 0 Å². The molecule has 8 heteroatoms. The number of esters is 1. The molecule has 0 aliphatic rings. The van der Waals surface area contributed by atoms with Gasteiger partial charge in [-0.1, -0.05) is 18.5 Å². The van der Waals surface area contributed by atoms with Crippen LogP contribution in [-0.4, -0.2) is 40.4 Å². The molecular weight excluding hydrogens is 382 g/mol.